The zero-order valence-corrected chi connectivity index (χ0v) is 8.25. The fourth-order valence-corrected chi connectivity index (χ4v) is 1.23. The quantitative estimate of drug-likeness (QED) is 0.815. The van der Waals surface area contributed by atoms with Gasteiger partial charge >= 0.3 is 5.97 Å². The van der Waals surface area contributed by atoms with E-state index in [-0.39, 0.29) is 10.7 Å². The van der Waals surface area contributed by atoms with Crippen molar-refractivity contribution in [3.8, 4) is 0 Å². The predicted octanol–water partition coefficient (Wildman–Crippen LogP) is 1.89. The van der Waals surface area contributed by atoms with Gasteiger partial charge in [-0.15, -0.1) is 0 Å². The number of aromatic nitrogens is 2. The fraction of sp³-hybridized carbons (Fsp3) is 0.500. The molecular formula is C8H11ClN2O2. The molecular weight excluding hydrogens is 192 g/mol. The van der Waals surface area contributed by atoms with E-state index in [2.05, 4.69) is 5.10 Å². The van der Waals surface area contributed by atoms with Gasteiger partial charge in [0.05, 0.1) is 6.20 Å². The topological polar surface area (TPSA) is 55.1 Å². The van der Waals surface area contributed by atoms with E-state index >= 15 is 0 Å². The second-order valence-electron chi connectivity index (χ2n) is 3.23. The highest BCUT2D eigenvalue weighted by molar-refractivity contribution is 6.32. The first-order valence-corrected chi connectivity index (χ1v) is 4.34. The van der Waals surface area contributed by atoms with Crippen molar-refractivity contribution in [3.05, 3.63) is 16.9 Å². The van der Waals surface area contributed by atoms with Gasteiger partial charge < -0.3 is 5.11 Å². The number of halogens is 1. The van der Waals surface area contributed by atoms with E-state index in [4.69, 9.17) is 16.7 Å². The first-order chi connectivity index (χ1) is 6.02. The molecule has 0 bridgehead atoms. The molecule has 1 aromatic heterocycles. The van der Waals surface area contributed by atoms with Gasteiger partial charge in [-0.05, 0) is 5.92 Å². The van der Waals surface area contributed by atoms with Gasteiger partial charge in [-0.25, -0.2) is 4.79 Å². The van der Waals surface area contributed by atoms with Crippen LogP contribution in [0.3, 0.4) is 0 Å². The maximum atomic E-state index is 10.6. The molecule has 0 spiro atoms. The molecule has 0 amide bonds. The van der Waals surface area contributed by atoms with E-state index in [1.165, 1.54) is 10.9 Å². The Bertz CT molecular complexity index is 320. The molecule has 0 aromatic carbocycles. The summed E-state index contributed by atoms with van der Waals surface area (Å²) in [7, 11) is 0. The second-order valence-corrected chi connectivity index (χ2v) is 3.59. The highest BCUT2D eigenvalue weighted by atomic mass is 35.5. The summed E-state index contributed by atoms with van der Waals surface area (Å²) in [6.45, 7) is 4.66. The second kappa shape index (κ2) is 3.79. The third-order valence-electron chi connectivity index (χ3n) is 1.54. The number of rotatable bonds is 3. The van der Waals surface area contributed by atoms with Crippen molar-refractivity contribution in [2.24, 2.45) is 5.92 Å². The molecule has 0 saturated carbocycles. The summed E-state index contributed by atoms with van der Waals surface area (Å²) >= 11 is 5.78. The van der Waals surface area contributed by atoms with Gasteiger partial charge in [-0.3, -0.25) is 4.68 Å². The van der Waals surface area contributed by atoms with Crippen LogP contribution in [0.25, 0.3) is 0 Å². The summed E-state index contributed by atoms with van der Waals surface area (Å²) in [5.41, 5.74) is 0.0577. The molecule has 13 heavy (non-hydrogen) atoms. The van der Waals surface area contributed by atoms with Crippen molar-refractivity contribution in [3.63, 3.8) is 0 Å². The highest BCUT2D eigenvalue weighted by Gasteiger charge is 2.14. The molecule has 0 aliphatic heterocycles. The average Bonchev–Trinajstić information content (AvgIpc) is 2.32. The van der Waals surface area contributed by atoms with E-state index in [0.717, 1.165) is 0 Å². The number of carboxylic acid groups (broad SMARTS) is 1. The smallest absolute Gasteiger partial charge is 0.340 e. The van der Waals surface area contributed by atoms with Crippen LogP contribution in [0.15, 0.2) is 6.20 Å². The van der Waals surface area contributed by atoms with Crippen molar-refractivity contribution in [2.45, 2.75) is 20.4 Å². The Hall–Kier alpha value is -1.03. The number of nitrogens with zero attached hydrogens (tertiary/aromatic N) is 2. The van der Waals surface area contributed by atoms with Gasteiger partial charge in [0, 0.05) is 6.54 Å². The zero-order chi connectivity index (χ0) is 10.0. The third-order valence-corrected chi connectivity index (χ3v) is 1.94. The van der Waals surface area contributed by atoms with Crippen LogP contribution in [0.4, 0.5) is 0 Å². The van der Waals surface area contributed by atoms with E-state index < -0.39 is 5.97 Å². The van der Waals surface area contributed by atoms with Crippen molar-refractivity contribution in [2.75, 3.05) is 0 Å². The molecule has 4 nitrogen and oxygen atoms in total. The average molecular weight is 203 g/mol. The Morgan fingerprint density at radius 3 is 2.77 bits per heavy atom. The Kier molecular flexibility index (Phi) is 2.93. The van der Waals surface area contributed by atoms with Crippen LogP contribution in [0.2, 0.25) is 5.15 Å². The van der Waals surface area contributed by atoms with Crippen molar-refractivity contribution < 1.29 is 9.90 Å². The molecule has 0 unspecified atom stereocenters. The monoisotopic (exact) mass is 202 g/mol. The minimum absolute atomic E-state index is 0.0577. The van der Waals surface area contributed by atoms with E-state index in [1.54, 1.807) is 0 Å². The summed E-state index contributed by atoms with van der Waals surface area (Å²) < 4.78 is 1.50. The number of aromatic carboxylic acids is 1. The lowest BCUT2D eigenvalue weighted by atomic mass is 10.2. The van der Waals surface area contributed by atoms with Gasteiger partial charge in [0.25, 0.3) is 0 Å². The molecule has 1 N–H and O–H groups in total. The molecule has 1 rings (SSSR count). The van der Waals surface area contributed by atoms with E-state index in [9.17, 15) is 4.79 Å². The highest BCUT2D eigenvalue weighted by Crippen LogP contribution is 2.16. The van der Waals surface area contributed by atoms with Crippen LogP contribution >= 0.6 is 11.6 Å². The normalized spacial score (nSPS) is 10.8. The first-order valence-electron chi connectivity index (χ1n) is 3.97. The summed E-state index contributed by atoms with van der Waals surface area (Å²) in [6.07, 6.45) is 1.27. The number of carboxylic acids is 1. The van der Waals surface area contributed by atoms with Crippen LogP contribution < -0.4 is 0 Å². The standard InChI is InChI=1S/C8H11ClN2O2/c1-5(2)4-11-7(9)6(3-10-11)8(12)13/h3,5H,4H2,1-2H3,(H,12,13). The summed E-state index contributed by atoms with van der Waals surface area (Å²) in [4.78, 5) is 10.6. The maximum Gasteiger partial charge on any atom is 0.340 e. The molecule has 72 valence electrons. The van der Waals surface area contributed by atoms with Gasteiger partial charge in [-0.2, -0.15) is 5.10 Å². The van der Waals surface area contributed by atoms with Crippen molar-refractivity contribution in [1.82, 2.24) is 9.78 Å². The lowest BCUT2D eigenvalue weighted by Crippen LogP contribution is -2.06. The largest absolute Gasteiger partial charge is 0.478 e. The molecule has 0 atom stereocenters. The molecule has 0 aliphatic rings. The number of carbonyl (C=O) groups is 1. The van der Waals surface area contributed by atoms with Crippen LogP contribution in [0, 0.1) is 5.92 Å². The maximum absolute atomic E-state index is 10.6. The molecule has 0 aliphatic carbocycles. The van der Waals surface area contributed by atoms with Crippen molar-refractivity contribution in [1.29, 1.82) is 0 Å². The molecule has 5 heteroatoms. The van der Waals surface area contributed by atoms with Crippen molar-refractivity contribution >= 4 is 17.6 Å². The van der Waals surface area contributed by atoms with Crippen LogP contribution in [0.5, 0.6) is 0 Å². The minimum Gasteiger partial charge on any atom is -0.478 e. The van der Waals surface area contributed by atoms with Gasteiger partial charge in [0.15, 0.2) is 0 Å². The molecule has 0 radical (unpaired) electrons. The SMILES string of the molecule is CC(C)Cn1ncc(C(=O)O)c1Cl. The van der Waals surface area contributed by atoms with Crippen LogP contribution in [0.1, 0.15) is 24.2 Å². The molecule has 0 fully saturated rings. The predicted molar refractivity (Wildman–Crippen MR) is 49.0 cm³/mol. The summed E-state index contributed by atoms with van der Waals surface area (Å²) in [5, 5.41) is 12.8. The Labute approximate surface area is 81.1 Å². The van der Waals surface area contributed by atoms with Gasteiger partial charge in [0.1, 0.15) is 10.7 Å². The minimum atomic E-state index is -1.04. The Morgan fingerprint density at radius 1 is 1.77 bits per heavy atom. The summed E-state index contributed by atoms with van der Waals surface area (Å²) in [5.74, 6) is -0.654. The van der Waals surface area contributed by atoms with Gasteiger partial charge in [-0.1, -0.05) is 25.4 Å². The number of hydrogen-bond acceptors (Lipinski definition) is 2. The van der Waals surface area contributed by atoms with Crippen LogP contribution in [-0.4, -0.2) is 20.9 Å². The molecule has 1 heterocycles. The third kappa shape index (κ3) is 2.21. The summed E-state index contributed by atoms with van der Waals surface area (Å²) in [6, 6.07) is 0. The Morgan fingerprint density at radius 2 is 2.38 bits per heavy atom. The lowest BCUT2D eigenvalue weighted by Gasteiger charge is -2.05. The van der Waals surface area contributed by atoms with E-state index in [0.29, 0.717) is 12.5 Å². The van der Waals surface area contributed by atoms with Crippen LogP contribution in [-0.2, 0) is 6.54 Å². The lowest BCUT2D eigenvalue weighted by molar-refractivity contribution is 0.0697. The van der Waals surface area contributed by atoms with E-state index in [1.807, 2.05) is 13.8 Å². The molecule has 1 aromatic rings. The number of hydrogen-bond donors (Lipinski definition) is 1. The fourth-order valence-electron chi connectivity index (χ4n) is 0.987. The Balaban J connectivity index is 2.93. The molecule has 0 saturated heterocycles. The van der Waals surface area contributed by atoms with Gasteiger partial charge in [0.2, 0.25) is 0 Å². The first kappa shape index (κ1) is 10.1. The zero-order valence-electron chi connectivity index (χ0n) is 7.49.